The van der Waals surface area contributed by atoms with Gasteiger partial charge in [-0.05, 0) is 12.7 Å². The zero-order valence-electron chi connectivity index (χ0n) is 7.10. The van der Waals surface area contributed by atoms with E-state index in [2.05, 4.69) is 0 Å². The number of thioether (sulfide) groups is 1. The monoisotopic (exact) mass is 196 g/mol. The molecule has 0 saturated heterocycles. The Labute approximate surface area is 76.2 Å². The molecular weight excluding hydrogens is 180 g/mol. The van der Waals surface area contributed by atoms with E-state index in [1.807, 2.05) is 0 Å². The van der Waals surface area contributed by atoms with Crippen molar-refractivity contribution in [3.05, 3.63) is 0 Å². The molecule has 0 fully saturated rings. The van der Waals surface area contributed by atoms with E-state index in [4.69, 9.17) is 15.3 Å². The van der Waals surface area contributed by atoms with E-state index in [-0.39, 0.29) is 19.6 Å². The van der Waals surface area contributed by atoms with Crippen LogP contribution in [0.1, 0.15) is 6.42 Å². The first-order chi connectivity index (χ1) is 5.66. The highest BCUT2D eigenvalue weighted by Crippen LogP contribution is 2.29. The van der Waals surface area contributed by atoms with Gasteiger partial charge in [0, 0.05) is 6.61 Å². The first-order valence-electron chi connectivity index (χ1n) is 3.72. The van der Waals surface area contributed by atoms with E-state index in [1.54, 1.807) is 6.26 Å². The molecule has 5 heteroatoms. The predicted octanol–water partition coefficient (Wildman–Crippen LogP) is -1.18. The van der Waals surface area contributed by atoms with Crippen molar-refractivity contribution in [2.75, 3.05) is 26.1 Å². The minimum absolute atomic E-state index is 0.113. The van der Waals surface area contributed by atoms with Gasteiger partial charge < -0.3 is 20.4 Å². The van der Waals surface area contributed by atoms with Gasteiger partial charge in [0.05, 0.1) is 24.1 Å². The van der Waals surface area contributed by atoms with E-state index < -0.39 is 17.5 Å². The second-order valence-electron chi connectivity index (χ2n) is 2.60. The molecule has 0 amide bonds. The minimum Gasteiger partial charge on any atom is -0.396 e. The van der Waals surface area contributed by atoms with Gasteiger partial charge in [-0.25, -0.2) is 0 Å². The largest absolute Gasteiger partial charge is 0.396 e. The number of hydrogen-bond acceptors (Lipinski definition) is 5. The Morgan fingerprint density at radius 3 is 2.17 bits per heavy atom. The van der Waals surface area contributed by atoms with E-state index >= 15 is 0 Å². The van der Waals surface area contributed by atoms with Crippen molar-refractivity contribution in [2.24, 2.45) is 0 Å². The molecule has 0 aromatic heterocycles. The fraction of sp³-hybridized carbons (Fsp3) is 1.00. The van der Waals surface area contributed by atoms with Crippen molar-refractivity contribution in [3.63, 3.8) is 0 Å². The van der Waals surface area contributed by atoms with Crippen molar-refractivity contribution in [1.29, 1.82) is 0 Å². The summed E-state index contributed by atoms with van der Waals surface area (Å²) >= 11 is 1.25. The van der Waals surface area contributed by atoms with E-state index in [0.717, 1.165) is 0 Å². The normalized spacial score (nSPS) is 18.8. The molecule has 4 N–H and O–H groups in total. The average Bonchev–Trinajstić information content (AvgIpc) is 2.13. The molecule has 4 nitrogen and oxygen atoms in total. The maximum absolute atomic E-state index is 9.36. The summed E-state index contributed by atoms with van der Waals surface area (Å²) in [5, 5.41) is 35.8. The molecule has 0 saturated carbocycles. The summed E-state index contributed by atoms with van der Waals surface area (Å²) in [5.74, 6) is 0. The standard InChI is InChI=1S/C7H16O4S/c1-12-7(5-10,2-3-8)6(11)4-9/h6,8-11H,2-5H2,1H3/t6-,7-/m0/s1. The molecule has 0 aliphatic rings. The summed E-state index contributed by atoms with van der Waals surface area (Å²) in [5.41, 5.74) is 0. The fourth-order valence-corrected chi connectivity index (χ4v) is 1.78. The Morgan fingerprint density at radius 2 is 1.92 bits per heavy atom. The molecule has 2 atom stereocenters. The molecule has 0 rings (SSSR count). The van der Waals surface area contributed by atoms with E-state index in [9.17, 15) is 5.11 Å². The van der Waals surface area contributed by atoms with Crippen LogP contribution in [0, 0.1) is 0 Å². The molecule has 12 heavy (non-hydrogen) atoms. The molecule has 0 aliphatic heterocycles. The Kier molecular flexibility index (Phi) is 5.86. The van der Waals surface area contributed by atoms with Crippen molar-refractivity contribution in [3.8, 4) is 0 Å². The molecule has 0 radical (unpaired) electrons. The lowest BCUT2D eigenvalue weighted by Gasteiger charge is -2.33. The molecule has 0 unspecified atom stereocenters. The van der Waals surface area contributed by atoms with Crippen LogP contribution in [0.15, 0.2) is 0 Å². The van der Waals surface area contributed by atoms with Crippen LogP contribution in [0.3, 0.4) is 0 Å². The summed E-state index contributed by atoms with van der Waals surface area (Å²) in [4.78, 5) is 0. The molecular formula is C7H16O4S. The lowest BCUT2D eigenvalue weighted by Crippen LogP contribution is -2.45. The second kappa shape index (κ2) is 5.77. The predicted molar refractivity (Wildman–Crippen MR) is 48.1 cm³/mol. The summed E-state index contributed by atoms with van der Waals surface area (Å²) in [6, 6.07) is 0. The van der Waals surface area contributed by atoms with Gasteiger partial charge in [0.15, 0.2) is 0 Å². The van der Waals surface area contributed by atoms with Gasteiger partial charge >= 0.3 is 0 Å². The molecule has 74 valence electrons. The fourth-order valence-electron chi connectivity index (χ4n) is 1.01. The van der Waals surface area contributed by atoms with Crippen LogP contribution in [0.2, 0.25) is 0 Å². The Hall–Kier alpha value is 0.190. The molecule has 0 bridgehead atoms. The summed E-state index contributed by atoms with van der Waals surface area (Å²) in [7, 11) is 0. The minimum atomic E-state index is -0.996. The van der Waals surface area contributed by atoms with Crippen LogP contribution in [0.5, 0.6) is 0 Å². The van der Waals surface area contributed by atoms with Gasteiger partial charge in [-0.1, -0.05) is 0 Å². The van der Waals surface area contributed by atoms with Crippen LogP contribution in [-0.2, 0) is 0 Å². The zero-order valence-corrected chi connectivity index (χ0v) is 7.92. The molecule has 0 heterocycles. The number of hydrogen-bond donors (Lipinski definition) is 4. The lowest BCUT2D eigenvalue weighted by molar-refractivity contribution is 0.0308. The maximum atomic E-state index is 9.36. The quantitative estimate of drug-likeness (QED) is 0.430. The molecule has 0 aromatic rings. The highest BCUT2D eigenvalue weighted by molar-refractivity contribution is 8.00. The third-order valence-corrected chi connectivity index (χ3v) is 3.41. The van der Waals surface area contributed by atoms with Gasteiger partial charge in [0.2, 0.25) is 0 Å². The van der Waals surface area contributed by atoms with E-state index in [1.165, 1.54) is 11.8 Å². The first-order valence-corrected chi connectivity index (χ1v) is 4.95. The van der Waals surface area contributed by atoms with Crippen LogP contribution >= 0.6 is 11.8 Å². The smallest absolute Gasteiger partial charge is 0.0940 e. The van der Waals surface area contributed by atoms with Gasteiger partial charge in [0.25, 0.3) is 0 Å². The lowest BCUT2D eigenvalue weighted by atomic mass is 9.99. The van der Waals surface area contributed by atoms with Crippen molar-refractivity contribution >= 4 is 11.8 Å². The van der Waals surface area contributed by atoms with Crippen LogP contribution in [-0.4, -0.2) is 57.4 Å². The van der Waals surface area contributed by atoms with Crippen LogP contribution < -0.4 is 0 Å². The van der Waals surface area contributed by atoms with Crippen LogP contribution in [0.25, 0.3) is 0 Å². The summed E-state index contributed by atoms with van der Waals surface area (Å²) < 4.78 is -0.830. The Balaban J connectivity index is 4.33. The van der Waals surface area contributed by atoms with Crippen molar-refractivity contribution in [2.45, 2.75) is 17.3 Å². The molecule has 0 aliphatic carbocycles. The first kappa shape index (κ1) is 12.2. The van der Waals surface area contributed by atoms with Gasteiger partial charge in [-0.15, -0.1) is 0 Å². The number of aliphatic hydroxyl groups is 4. The average molecular weight is 196 g/mol. The van der Waals surface area contributed by atoms with Gasteiger partial charge in [-0.2, -0.15) is 11.8 Å². The van der Waals surface area contributed by atoms with Gasteiger partial charge in [-0.3, -0.25) is 0 Å². The summed E-state index contributed by atoms with van der Waals surface area (Å²) in [6.45, 7) is -0.768. The second-order valence-corrected chi connectivity index (χ2v) is 3.82. The highest BCUT2D eigenvalue weighted by atomic mass is 32.2. The third-order valence-electron chi connectivity index (χ3n) is 1.99. The van der Waals surface area contributed by atoms with Crippen LogP contribution in [0.4, 0.5) is 0 Å². The van der Waals surface area contributed by atoms with Crippen molar-refractivity contribution < 1.29 is 20.4 Å². The number of rotatable bonds is 6. The highest BCUT2D eigenvalue weighted by Gasteiger charge is 2.35. The Bertz CT molecular complexity index is 116. The Morgan fingerprint density at radius 1 is 1.33 bits per heavy atom. The molecule has 0 spiro atoms. The zero-order chi connectivity index (χ0) is 9.61. The SMILES string of the molecule is CS[C@](CO)(CCO)[C@@H](O)CO. The topological polar surface area (TPSA) is 80.9 Å². The summed E-state index contributed by atoms with van der Waals surface area (Å²) in [6.07, 6.45) is 1.00. The maximum Gasteiger partial charge on any atom is 0.0940 e. The number of aliphatic hydroxyl groups excluding tert-OH is 4. The third kappa shape index (κ3) is 2.60. The molecule has 0 aromatic carbocycles. The van der Waals surface area contributed by atoms with E-state index in [0.29, 0.717) is 0 Å². The van der Waals surface area contributed by atoms with Crippen molar-refractivity contribution in [1.82, 2.24) is 0 Å². The van der Waals surface area contributed by atoms with Gasteiger partial charge in [0.1, 0.15) is 0 Å².